The Morgan fingerprint density at radius 2 is 2.19 bits per heavy atom. The number of likely N-dealkylation sites (tertiary alicyclic amines) is 1. The van der Waals surface area contributed by atoms with Gasteiger partial charge in [-0.25, -0.2) is 9.07 Å². The predicted molar refractivity (Wildman–Crippen MR) is 96.5 cm³/mol. The fourth-order valence-electron chi connectivity index (χ4n) is 4.31. The van der Waals surface area contributed by atoms with Crippen LogP contribution in [0.1, 0.15) is 31.9 Å². The third kappa shape index (κ3) is 3.41. The standard InChI is InChI=1S/C20H26FN3O2/c1-20(25)9-12-26-14-16(20)18-7-4-10-23(18)13-15-8-11-24(22-15)19-6-3-2-5-17(19)21/h2-3,5-6,8,11,16,18,25H,4,7,9-10,12-14H2,1H3/t16-,18+,20-/m0/s1. The summed E-state index contributed by atoms with van der Waals surface area (Å²) in [4.78, 5) is 2.39. The average molecular weight is 359 g/mol. The Kier molecular flexibility index (Phi) is 4.82. The molecule has 4 rings (SSSR count). The normalized spacial score (nSPS) is 30.0. The highest BCUT2D eigenvalue weighted by Gasteiger charge is 2.44. The van der Waals surface area contributed by atoms with Crippen molar-refractivity contribution in [3.63, 3.8) is 0 Å². The van der Waals surface area contributed by atoms with Crippen molar-refractivity contribution in [2.45, 2.75) is 44.4 Å². The fraction of sp³-hybridized carbons (Fsp3) is 0.550. The number of benzene rings is 1. The second-order valence-electron chi connectivity index (χ2n) is 7.67. The van der Waals surface area contributed by atoms with E-state index in [0.717, 1.165) is 25.1 Å². The molecule has 0 unspecified atom stereocenters. The minimum atomic E-state index is -0.683. The van der Waals surface area contributed by atoms with Crippen molar-refractivity contribution in [2.24, 2.45) is 5.92 Å². The molecule has 0 radical (unpaired) electrons. The molecule has 0 spiro atoms. The largest absolute Gasteiger partial charge is 0.390 e. The summed E-state index contributed by atoms with van der Waals surface area (Å²) in [5.74, 6) is -0.163. The first kappa shape index (κ1) is 17.6. The van der Waals surface area contributed by atoms with Crippen LogP contribution in [0.25, 0.3) is 5.69 Å². The van der Waals surface area contributed by atoms with Gasteiger partial charge in [0.1, 0.15) is 11.5 Å². The summed E-state index contributed by atoms with van der Waals surface area (Å²) in [6.07, 6.45) is 4.67. The van der Waals surface area contributed by atoms with Crippen LogP contribution in [-0.4, -0.2) is 51.2 Å². The van der Waals surface area contributed by atoms with E-state index in [0.29, 0.717) is 37.9 Å². The number of para-hydroxylation sites is 1. The molecular formula is C20H26FN3O2. The number of aliphatic hydroxyl groups is 1. The number of ether oxygens (including phenoxy) is 1. The Labute approximate surface area is 153 Å². The number of hydrogen-bond donors (Lipinski definition) is 1. The summed E-state index contributed by atoms with van der Waals surface area (Å²) in [5, 5.41) is 15.4. The van der Waals surface area contributed by atoms with E-state index >= 15 is 0 Å². The highest BCUT2D eigenvalue weighted by molar-refractivity contribution is 5.32. The van der Waals surface area contributed by atoms with Crippen LogP contribution in [-0.2, 0) is 11.3 Å². The Balaban J connectivity index is 1.49. The van der Waals surface area contributed by atoms with Crippen molar-refractivity contribution in [3.8, 4) is 5.69 Å². The molecule has 1 aromatic heterocycles. The first-order chi connectivity index (χ1) is 12.5. The van der Waals surface area contributed by atoms with Gasteiger partial charge in [0.05, 0.1) is 17.9 Å². The van der Waals surface area contributed by atoms with Crippen molar-refractivity contribution >= 4 is 0 Å². The van der Waals surface area contributed by atoms with Crippen LogP contribution in [0.4, 0.5) is 4.39 Å². The van der Waals surface area contributed by atoms with Gasteiger partial charge in [0, 0.05) is 31.3 Å². The molecule has 0 aliphatic carbocycles. The molecule has 26 heavy (non-hydrogen) atoms. The first-order valence-corrected chi connectivity index (χ1v) is 9.38. The Morgan fingerprint density at radius 1 is 1.35 bits per heavy atom. The SMILES string of the molecule is C[C@]1(O)CCOC[C@H]1[C@H]1CCCN1Cc1ccn(-c2ccccc2F)n1. The van der Waals surface area contributed by atoms with Gasteiger partial charge in [0.15, 0.2) is 0 Å². The van der Waals surface area contributed by atoms with Crippen LogP contribution in [0.15, 0.2) is 36.5 Å². The zero-order valence-corrected chi connectivity index (χ0v) is 15.1. The topological polar surface area (TPSA) is 50.5 Å². The molecule has 2 fully saturated rings. The zero-order valence-electron chi connectivity index (χ0n) is 15.1. The molecule has 6 heteroatoms. The Morgan fingerprint density at radius 3 is 3.00 bits per heavy atom. The minimum absolute atomic E-state index is 0.118. The van der Waals surface area contributed by atoms with Crippen LogP contribution >= 0.6 is 0 Å². The van der Waals surface area contributed by atoms with Crippen molar-refractivity contribution in [3.05, 3.63) is 48.0 Å². The summed E-state index contributed by atoms with van der Waals surface area (Å²) in [6, 6.07) is 8.89. The molecule has 5 nitrogen and oxygen atoms in total. The van der Waals surface area contributed by atoms with E-state index in [-0.39, 0.29) is 11.7 Å². The third-order valence-corrected chi connectivity index (χ3v) is 5.84. The van der Waals surface area contributed by atoms with Gasteiger partial charge in [0.25, 0.3) is 0 Å². The second-order valence-corrected chi connectivity index (χ2v) is 7.67. The highest BCUT2D eigenvalue weighted by Crippen LogP contribution is 2.36. The molecule has 0 amide bonds. The van der Waals surface area contributed by atoms with Crippen molar-refractivity contribution in [1.29, 1.82) is 0 Å². The van der Waals surface area contributed by atoms with Gasteiger partial charge in [-0.3, -0.25) is 4.90 Å². The van der Waals surface area contributed by atoms with Crippen molar-refractivity contribution in [1.82, 2.24) is 14.7 Å². The zero-order chi connectivity index (χ0) is 18.1. The van der Waals surface area contributed by atoms with E-state index in [9.17, 15) is 9.50 Å². The highest BCUT2D eigenvalue weighted by atomic mass is 19.1. The van der Waals surface area contributed by atoms with E-state index < -0.39 is 5.60 Å². The maximum atomic E-state index is 14.0. The van der Waals surface area contributed by atoms with Gasteiger partial charge in [-0.05, 0) is 50.9 Å². The van der Waals surface area contributed by atoms with E-state index in [4.69, 9.17) is 4.74 Å². The maximum absolute atomic E-state index is 14.0. The lowest BCUT2D eigenvalue weighted by Crippen LogP contribution is -2.52. The number of aromatic nitrogens is 2. The number of hydrogen-bond acceptors (Lipinski definition) is 4. The molecule has 2 saturated heterocycles. The smallest absolute Gasteiger partial charge is 0.148 e. The first-order valence-electron chi connectivity index (χ1n) is 9.38. The lowest BCUT2D eigenvalue weighted by Gasteiger charge is -2.43. The number of nitrogens with zero attached hydrogens (tertiary/aromatic N) is 3. The Hall–Kier alpha value is -1.76. The van der Waals surface area contributed by atoms with Crippen LogP contribution in [0.5, 0.6) is 0 Å². The number of rotatable bonds is 4. The van der Waals surface area contributed by atoms with Gasteiger partial charge in [-0.2, -0.15) is 5.10 Å². The maximum Gasteiger partial charge on any atom is 0.148 e. The molecular weight excluding hydrogens is 333 g/mol. The van der Waals surface area contributed by atoms with E-state index in [1.54, 1.807) is 29.1 Å². The summed E-state index contributed by atoms with van der Waals surface area (Å²) in [5.41, 5.74) is 0.690. The van der Waals surface area contributed by atoms with Gasteiger partial charge < -0.3 is 9.84 Å². The number of halogens is 1. The lowest BCUT2D eigenvalue weighted by atomic mass is 9.79. The second kappa shape index (κ2) is 7.10. The van der Waals surface area contributed by atoms with Crippen LogP contribution < -0.4 is 0 Å². The average Bonchev–Trinajstić information content (AvgIpc) is 3.25. The van der Waals surface area contributed by atoms with Gasteiger partial charge in [0.2, 0.25) is 0 Å². The summed E-state index contributed by atoms with van der Waals surface area (Å²) >= 11 is 0. The van der Waals surface area contributed by atoms with Crippen LogP contribution in [0, 0.1) is 11.7 Å². The van der Waals surface area contributed by atoms with Crippen LogP contribution in [0.3, 0.4) is 0 Å². The van der Waals surface area contributed by atoms with Gasteiger partial charge >= 0.3 is 0 Å². The molecule has 2 aliphatic rings. The predicted octanol–water partition coefficient (Wildman–Crippen LogP) is 2.76. The minimum Gasteiger partial charge on any atom is -0.390 e. The third-order valence-electron chi connectivity index (χ3n) is 5.84. The molecule has 0 saturated carbocycles. The lowest BCUT2D eigenvalue weighted by molar-refractivity contribution is -0.123. The monoisotopic (exact) mass is 359 g/mol. The molecule has 2 aliphatic heterocycles. The molecule has 3 atom stereocenters. The van der Waals surface area contributed by atoms with Crippen molar-refractivity contribution in [2.75, 3.05) is 19.8 Å². The molecule has 1 N–H and O–H groups in total. The quantitative estimate of drug-likeness (QED) is 0.912. The van der Waals surface area contributed by atoms with E-state index in [1.165, 1.54) is 6.07 Å². The summed E-state index contributed by atoms with van der Waals surface area (Å²) in [7, 11) is 0. The molecule has 0 bridgehead atoms. The molecule has 2 aromatic rings. The van der Waals surface area contributed by atoms with Gasteiger partial charge in [-0.15, -0.1) is 0 Å². The molecule has 1 aromatic carbocycles. The van der Waals surface area contributed by atoms with E-state index in [1.807, 2.05) is 13.0 Å². The van der Waals surface area contributed by atoms with Crippen molar-refractivity contribution < 1.29 is 14.2 Å². The van der Waals surface area contributed by atoms with Crippen LogP contribution in [0.2, 0.25) is 0 Å². The Bertz CT molecular complexity index is 761. The summed E-state index contributed by atoms with van der Waals surface area (Å²) < 4.78 is 21.2. The fourth-order valence-corrected chi connectivity index (χ4v) is 4.31. The van der Waals surface area contributed by atoms with E-state index in [2.05, 4.69) is 10.00 Å². The summed E-state index contributed by atoms with van der Waals surface area (Å²) in [6.45, 7) is 4.87. The van der Waals surface area contributed by atoms with Gasteiger partial charge in [-0.1, -0.05) is 12.1 Å². The molecule has 140 valence electrons. The molecule has 3 heterocycles.